The summed E-state index contributed by atoms with van der Waals surface area (Å²) in [6.07, 6.45) is 1.78. The zero-order valence-corrected chi connectivity index (χ0v) is 8.54. The molecular weight excluding hydrogens is 228 g/mol. The molecule has 0 aliphatic carbocycles. The molecule has 3 nitrogen and oxygen atoms in total. The lowest BCUT2D eigenvalue weighted by Gasteiger charge is -1.98. The van der Waals surface area contributed by atoms with E-state index in [-0.39, 0.29) is 0 Å². The van der Waals surface area contributed by atoms with Gasteiger partial charge < -0.3 is 10.1 Å². The van der Waals surface area contributed by atoms with Crippen molar-refractivity contribution in [3.8, 4) is 0 Å². The molecule has 1 N–H and O–H groups in total. The van der Waals surface area contributed by atoms with Crippen molar-refractivity contribution in [3.63, 3.8) is 0 Å². The number of thiazole rings is 1. The van der Waals surface area contributed by atoms with Gasteiger partial charge in [0.2, 0.25) is 0 Å². The van der Waals surface area contributed by atoms with Gasteiger partial charge in [-0.3, -0.25) is 0 Å². The number of hydrogen-bond donors (Lipinski definition) is 1. The number of halogens is 1. The van der Waals surface area contributed by atoms with Gasteiger partial charge in [-0.25, -0.2) is 4.98 Å². The predicted molar refractivity (Wildman–Crippen MR) is 50.2 cm³/mol. The van der Waals surface area contributed by atoms with Gasteiger partial charge in [0.15, 0.2) is 5.13 Å². The standard InChI is InChI=1S/C6H9BrN2OS/c1-10-3-2-8-6-9-4-5(7)11-6/h4H,2-3H2,1H3,(H,8,9). The number of hydrogen-bond acceptors (Lipinski definition) is 4. The number of aromatic nitrogens is 1. The average molecular weight is 237 g/mol. The fourth-order valence-electron chi connectivity index (χ4n) is 0.596. The molecule has 0 aromatic carbocycles. The van der Waals surface area contributed by atoms with Crippen molar-refractivity contribution < 1.29 is 4.74 Å². The van der Waals surface area contributed by atoms with Crippen LogP contribution < -0.4 is 5.32 Å². The quantitative estimate of drug-likeness (QED) is 0.813. The molecule has 0 saturated heterocycles. The second-order valence-corrected chi connectivity index (χ2v) is 4.30. The van der Waals surface area contributed by atoms with Crippen molar-refractivity contribution in [2.24, 2.45) is 0 Å². The number of nitrogens with zero attached hydrogens (tertiary/aromatic N) is 1. The van der Waals surface area contributed by atoms with Gasteiger partial charge in [-0.1, -0.05) is 11.3 Å². The minimum atomic E-state index is 0.706. The van der Waals surface area contributed by atoms with E-state index >= 15 is 0 Å². The van der Waals surface area contributed by atoms with Gasteiger partial charge in [0.1, 0.15) is 0 Å². The maximum atomic E-state index is 4.87. The molecule has 0 amide bonds. The van der Waals surface area contributed by atoms with E-state index in [1.807, 2.05) is 0 Å². The Morgan fingerprint density at radius 2 is 2.64 bits per heavy atom. The molecule has 1 aromatic rings. The van der Waals surface area contributed by atoms with Crippen LogP contribution >= 0.6 is 27.3 Å². The van der Waals surface area contributed by atoms with E-state index in [0.717, 1.165) is 15.5 Å². The summed E-state index contributed by atoms with van der Waals surface area (Å²) in [6.45, 7) is 1.51. The van der Waals surface area contributed by atoms with Crippen LogP contribution in [0.1, 0.15) is 0 Å². The Bertz CT molecular complexity index is 216. The maximum absolute atomic E-state index is 4.87. The highest BCUT2D eigenvalue weighted by atomic mass is 79.9. The third-order valence-corrected chi connectivity index (χ3v) is 2.49. The average Bonchev–Trinajstić information content (AvgIpc) is 2.37. The molecule has 0 radical (unpaired) electrons. The van der Waals surface area contributed by atoms with E-state index in [1.54, 1.807) is 24.6 Å². The molecule has 0 atom stereocenters. The molecule has 1 aromatic heterocycles. The summed E-state index contributed by atoms with van der Waals surface area (Å²) in [5.74, 6) is 0. The number of ether oxygens (including phenoxy) is 1. The fraction of sp³-hybridized carbons (Fsp3) is 0.500. The summed E-state index contributed by atoms with van der Waals surface area (Å²) in [6, 6.07) is 0. The largest absolute Gasteiger partial charge is 0.383 e. The van der Waals surface area contributed by atoms with Gasteiger partial charge in [0, 0.05) is 13.7 Å². The second-order valence-electron chi connectivity index (χ2n) is 1.89. The van der Waals surface area contributed by atoms with E-state index in [2.05, 4.69) is 26.2 Å². The zero-order chi connectivity index (χ0) is 8.10. The van der Waals surface area contributed by atoms with Gasteiger partial charge >= 0.3 is 0 Å². The van der Waals surface area contributed by atoms with Crippen LogP contribution in [0.25, 0.3) is 0 Å². The van der Waals surface area contributed by atoms with Crippen molar-refractivity contribution in [2.75, 3.05) is 25.6 Å². The Morgan fingerprint density at radius 1 is 1.82 bits per heavy atom. The third-order valence-electron chi connectivity index (χ3n) is 1.06. The van der Waals surface area contributed by atoms with Crippen LogP contribution in [-0.4, -0.2) is 25.2 Å². The number of methoxy groups -OCH3 is 1. The molecule has 0 saturated carbocycles. The first-order valence-electron chi connectivity index (χ1n) is 3.17. The Morgan fingerprint density at radius 3 is 3.18 bits per heavy atom. The highest BCUT2D eigenvalue weighted by Gasteiger charge is 1.96. The van der Waals surface area contributed by atoms with Crippen molar-refractivity contribution in [2.45, 2.75) is 0 Å². The summed E-state index contributed by atoms with van der Waals surface area (Å²) >= 11 is 4.90. The van der Waals surface area contributed by atoms with Crippen molar-refractivity contribution >= 4 is 32.4 Å². The highest BCUT2D eigenvalue weighted by Crippen LogP contribution is 2.22. The molecule has 1 rings (SSSR count). The van der Waals surface area contributed by atoms with Crippen LogP contribution in [0.15, 0.2) is 9.98 Å². The third kappa shape index (κ3) is 3.18. The zero-order valence-electron chi connectivity index (χ0n) is 6.13. The molecule has 0 bridgehead atoms. The Kier molecular flexibility index (Phi) is 3.82. The minimum absolute atomic E-state index is 0.706. The summed E-state index contributed by atoms with van der Waals surface area (Å²) in [7, 11) is 1.68. The van der Waals surface area contributed by atoms with Crippen LogP contribution in [0.3, 0.4) is 0 Å². The summed E-state index contributed by atoms with van der Waals surface area (Å²) < 4.78 is 5.91. The van der Waals surface area contributed by atoms with E-state index < -0.39 is 0 Å². The van der Waals surface area contributed by atoms with Gasteiger partial charge in [-0.05, 0) is 15.9 Å². The fourth-order valence-corrected chi connectivity index (χ4v) is 1.73. The van der Waals surface area contributed by atoms with Gasteiger partial charge in [0.05, 0.1) is 16.6 Å². The summed E-state index contributed by atoms with van der Waals surface area (Å²) in [5, 5.41) is 4.04. The molecule has 0 unspecified atom stereocenters. The molecule has 1 heterocycles. The predicted octanol–water partition coefficient (Wildman–Crippen LogP) is 1.96. The van der Waals surface area contributed by atoms with E-state index in [1.165, 1.54) is 0 Å². The monoisotopic (exact) mass is 236 g/mol. The number of rotatable bonds is 4. The van der Waals surface area contributed by atoms with Crippen LogP contribution in [0.5, 0.6) is 0 Å². The first kappa shape index (κ1) is 8.96. The lowest BCUT2D eigenvalue weighted by Crippen LogP contribution is -2.06. The molecule has 11 heavy (non-hydrogen) atoms. The first-order chi connectivity index (χ1) is 5.33. The molecule has 0 aliphatic rings. The van der Waals surface area contributed by atoms with Gasteiger partial charge in [-0.15, -0.1) is 0 Å². The lowest BCUT2D eigenvalue weighted by molar-refractivity contribution is 0.211. The Labute approximate surface area is 77.9 Å². The van der Waals surface area contributed by atoms with Crippen molar-refractivity contribution in [1.29, 1.82) is 0 Å². The summed E-state index contributed by atoms with van der Waals surface area (Å²) in [4.78, 5) is 4.09. The first-order valence-corrected chi connectivity index (χ1v) is 4.78. The maximum Gasteiger partial charge on any atom is 0.183 e. The van der Waals surface area contributed by atoms with Crippen LogP contribution in [0.4, 0.5) is 5.13 Å². The molecule has 5 heteroatoms. The van der Waals surface area contributed by atoms with Gasteiger partial charge in [0.25, 0.3) is 0 Å². The Balaban J connectivity index is 2.27. The highest BCUT2D eigenvalue weighted by molar-refractivity contribution is 9.11. The van der Waals surface area contributed by atoms with E-state index in [4.69, 9.17) is 4.74 Å². The smallest absolute Gasteiger partial charge is 0.183 e. The molecule has 0 spiro atoms. The molecular formula is C6H9BrN2OS. The topological polar surface area (TPSA) is 34.1 Å². The van der Waals surface area contributed by atoms with Crippen LogP contribution in [-0.2, 0) is 4.74 Å². The van der Waals surface area contributed by atoms with E-state index in [0.29, 0.717) is 6.61 Å². The normalized spacial score (nSPS) is 10.0. The molecule has 62 valence electrons. The second kappa shape index (κ2) is 4.69. The minimum Gasteiger partial charge on any atom is -0.383 e. The summed E-state index contributed by atoms with van der Waals surface area (Å²) in [5.41, 5.74) is 0. The van der Waals surface area contributed by atoms with Crippen molar-refractivity contribution in [1.82, 2.24) is 4.98 Å². The van der Waals surface area contributed by atoms with Gasteiger partial charge in [-0.2, -0.15) is 0 Å². The van der Waals surface area contributed by atoms with Crippen LogP contribution in [0, 0.1) is 0 Å². The van der Waals surface area contributed by atoms with Crippen LogP contribution in [0.2, 0.25) is 0 Å². The molecule has 0 aliphatic heterocycles. The number of nitrogens with one attached hydrogen (secondary N) is 1. The van der Waals surface area contributed by atoms with Crippen molar-refractivity contribution in [3.05, 3.63) is 9.98 Å². The number of anilines is 1. The van der Waals surface area contributed by atoms with E-state index in [9.17, 15) is 0 Å². The SMILES string of the molecule is COCCNc1ncc(Br)s1. The molecule has 0 fully saturated rings. The lowest BCUT2D eigenvalue weighted by atomic mass is 10.7. The Hall–Kier alpha value is -0.130.